The number of hydrogen-bond acceptors (Lipinski definition) is 3. The molecule has 1 N–H and O–H groups in total. The van der Waals surface area contributed by atoms with Gasteiger partial charge in [0.2, 0.25) is 5.95 Å². The molecule has 0 aliphatic heterocycles. The van der Waals surface area contributed by atoms with Crippen LogP contribution in [-0.2, 0) is 11.2 Å². The summed E-state index contributed by atoms with van der Waals surface area (Å²) >= 11 is 0. The van der Waals surface area contributed by atoms with Gasteiger partial charge in [-0.2, -0.15) is 0 Å². The van der Waals surface area contributed by atoms with E-state index in [2.05, 4.69) is 59.0 Å². The molecule has 0 fully saturated rings. The minimum atomic E-state index is 0.248. The molecule has 1 aromatic carbocycles. The van der Waals surface area contributed by atoms with E-state index in [-0.39, 0.29) is 6.04 Å². The molecule has 0 amide bonds. The van der Waals surface area contributed by atoms with Crippen LogP contribution in [0.25, 0.3) is 0 Å². The van der Waals surface area contributed by atoms with Crippen molar-refractivity contribution < 1.29 is 4.74 Å². The lowest BCUT2D eigenvalue weighted by Crippen LogP contribution is -2.23. The quantitative estimate of drug-likeness (QED) is 0.807. The van der Waals surface area contributed by atoms with Gasteiger partial charge in [-0.25, -0.2) is 4.98 Å². The summed E-state index contributed by atoms with van der Waals surface area (Å²) < 4.78 is 7.36. The Morgan fingerprint density at radius 1 is 1.24 bits per heavy atom. The van der Waals surface area contributed by atoms with E-state index in [9.17, 15) is 0 Å². The molecule has 0 bridgehead atoms. The largest absolute Gasteiger partial charge is 0.383 e. The van der Waals surface area contributed by atoms with Gasteiger partial charge in [-0.3, -0.25) is 0 Å². The van der Waals surface area contributed by atoms with Gasteiger partial charge in [0.1, 0.15) is 0 Å². The zero-order valence-electron chi connectivity index (χ0n) is 13.1. The Bertz CT molecular complexity index is 524. The zero-order chi connectivity index (χ0) is 15.1. The monoisotopic (exact) mass is 287 g/mol. The molecule has 2 rings (SSSR count). The fraction of sp³-hybridized carbons (Fsp3) is 0.471. The van der Waals surface area contributed by atoms with Crippen molar-refractivity contribution in [1.82, 2.24) is 9.55 Å². The van der Waals surface area contributed by atoms with Crippen molar-refractivity contribution in [3.05, 3.63) is 48.3 Å². The molecular weight excluding hydrogens is 262 g/mol. The molecule has 1 aromatic heterocycles. The highest BCUT2D eigenvalue weighted by Gasteiger charge is 2.12. The summed E-state index contributed by atoms with van der Waals surface area (Å²) in [5.41, 5.74) is 1.38. The van der Waals surface area contributed by atoms with E-state index in [1.54, 1.807) is 7.11 Å². The number of rotatable bonds is 8. The maximum atomic E-state index is 5.16. The normalized spacial score (nSPS) is 13.9. The second-order valence-corrected chi connectivity index (χ2v) is 5.53. The van der Waals surface area contributed by atoms with E-state index in [0.29, 0.717) is 12.6 Å². The van der Waals surface area contributed by atoms with Crippen LogP contribution < -0.4 is 5.32 Å². The number of nitrogens with one attached hydrogen (secondary N) is 1. The van der Waals surface area contributed by atoms with Crippen molar-refractivity contribution in [2.24, 2.45) is 0 Å². The number of nitrogens with zero attached hydrogens (tertiary/aromatic N) is 2. The van der Waals surface area contributed by atoms with E-state index in [4.69, 9.17) is 4.74 Å². The Morgan fingerprint density at radius 3 is 2.71 bits per heavy atom. The van der Waals surface area contributed by atoms with Gasteiger partial charge in [-0.15, -0.1) is 0 Å². The highest BCUT2D eigenvalue weighted by molar-refractivity contribution is 5.28. The second-order valence-electron chi connectivity index (χ2n) is 5.53. The standard InChI is InChI=1S/C17H25N3O/c1-14(13-21-3)19-17-18-11-12-20(17)15(2)9-10-16-7-5-4-6-8-16/h4-8,11-12,14-15H,9-10,13H2,1-3H3,(H,18,19). The zero-order valence-corrected chi connectivity index (χ0v) is 13.1. The molecule has 2 unspecified atom stereocenters. The number of imidazole rings is 1. The number of aryl methyl sites for hydroxylation is 1. The second kappa shape index (κ2) is 7.84. The molecule has 1 heterocycles. The van der Waals surface area contributed by atoms with E-state index in [1.807, 2.05) is 12.4 Å². The summed E-state index contributed by atoms with van der Waals surface area (Å²) in [6, 6.07) is 11.3. The summed E-state index contributed by atoms with van der Waals surface area (Å²) in [5.74, 6) is 0.917. The Balaban J connectivity index is 1.93. The van der Waals surface area contributed by atoms with Crippen LogP contribution in [0.2, 0.25) is 0 Å². The predicted octanol–water partition coefficient (Wildman–Crippen LogP) is 3.52. The first-order valence-electron chi connectivity index (χ1n) is 7.53. The number of aromatic nitrogens is 2. The third-order valence-corrected chi connectivity index (χ3v) is 3.63. The molecule has 0 spiro atoms. The minimum absolute atomic E-state index is 0.248. The first-order chi connectivity index (χ1) is 10.2. The molecular formula is C17H25N3O. The van der Waals surface area contributed by atoms with Crippen LogP contribution in [0.5, 0.6) is 0 Å². The molecule has 114 valence electrons. The molecule has 0 aliphatic carbocycles. The van der Waals surface area contributed by atoms with Crippen molar-refractivity contribution in [3.8, 4) is 0 Å². The lowest BCUT2D eigenvalue weighted by molar-refractivity contribution is 0.190. The molecule has 0 saturated carbocycles. The first-order valence-corrected chi connectivity index (χ1v) is 7.53. The van der Waals surface area contributed by atoms with Crippen LogP contribution in [0.15, 0.2) is 42.7 Å². The molecule has 0 saturated heterocycles. The van der Waals surface area contributed by atoms with Gasteiger partial charge in [-0.05, 0) is 32.3 Å². The average molecular weight is 287 g/mol. The Kier molecular flexibility index (Phi) is 5.81. The van der Waals surface area contributed by atoms with E-state index in [0.717, 1.165) is 18.8 Å². The Hall–Kier alpha value is -1.81. The molecule has 21 heavy (non-hydrogen) atoms. The summed E-state index contributed by atoms with van der Waals surface area (Å²) in [7, 11) is 1.72. The molecule has 2 aromatic rings. The highest BCUT2D eigenvalue weighted by atomic mass is 16.5. The van der Waals surface area contributed by atoms with Gasteiger partial charge in [-0.1, -0.05) is 30.3 Å². The number of ether oxygens (including phenoxy) is 1. The first kappa shape index (κ1) is 15.6. The highest BCUT2D eigenvalue weighted by Crippen LogP contribution is 2.19. The molecule has 2 atom stereocenters. The van der Waals surface area contributed by atoms with Gasteiger partial charge in [0.15, 0.2) is 0 Å². The van der Waals surface area contributed by atoms with E-state index < -0.39 is 0 Å². The van der Waals surface area contributed by atoms with Crippen molar-refractivity contribution in [2.45, 2.75) is 38.8 Å². The lowest BCUT2D eigenvalue weighted by atomic mass is 10.1. The van der Waals surface area contributed by atoms with Crippen molar-refractivity contribution in [2.75, 3.05) is 19.0 Å². The average Bonchev–Trinajstić information content (AvgIpc) is 2.94. The maximum absolute atomic E-state index is 5.16. The van der Waals surface area contributed by atoms with Crippen molar-refractivity contribution >= 4 is 5.95 Å². The van der Waals surface area contributed by atoms with Gasteiger partial charge >= 0.3 is 0 Å². The summed E-state index contributed by atoms with van der Waals surface area (Å²) in [4.78, 5) is 4.41. The SMILES string of the molecule is COCC(C)Nc1nccn1C(C)CCc1ccccc1. The Morgan fingerprint density at radius 2 is 2.00 bits per heavy atom. The van der Waals surface area contributed by atoms with Crippen LogP contribution in [0.3, 0.4) is 0 Å². The van der Waals surface area contributed by atoms with E-state index >= 15 is 0 Å². The van der Waals surface area contributed by atoms with Crippen LogP contribution in [0.1, 0.15) is 31.9 Å². The summed E-state index contributed by atoms with van der Waals surface area (Å²) in [5, 5.41) is 3.40. The predicted molar refractivity (Wildman–Crippen MR) is 86.7 cm³/mol. The molecule has 4 nitrogen and oxygen atoms in total. The van der Waals surface area contributed by atoms with Crippen LogP contribution in [0, 0.1) is 0 Å². The summed E-state index contributed by atoms with van der Waals surface area (Å²) in [6.45, 7) is 5.00. The third kappa shape index (κ3) is 4.60. The minimum Gasteiger partial charge on any atom is -0.383 e. The van der Waals surface area contributed by atoms with Gasteiger partial charge in [0.25, 0.3) is 0 Å². The molecule has 0 radical (unpaired) electrons. The third-order valence-electron chi connectivity index (χ3n) is 3.63. The Labute approximate surface area is 127 Å². The lowest BCUT2D eigenvalue weighted by Gasteiger charge is -2.19. The fourth-order valence-corrected chi connectivity index (χ4v) is 2.45. The van der Waals surface area contributed by atoms with Crippen LogP contribution in [-0.4, -0.2) is 29.3 Å². The fourth-order valence-electron chi connectivity index (χ4n) is 2.45. The number of benzene rings is 1. The molecule has 4 heteroatoms. The van der Waals surface area contributed by atoms with Gasteiger partial charge < -0.3 is 14.6 Å². The number of anilines is 1. The van der Waals surface area contributed by atoms with Crippen LogP contribution in [0.4, 0.5) is 5.95 Å². The topological polar surface area (TPSA) is 39.1 Å². The van der Waals surface area contributed by atoms with E-state index in [1.165, 1.54) is 5.56 Å². The number of methoxy groups -OCH3 is 1. The summed E-state index contributed by atoms with van der Waals surface area (Å²) in [6.07, 6.45) is 6.05. The van der Waals surface area contributed by atoms with Gasteiger partial charge in [0.05, 0.1) is 6.61 Å². The maximum Gasteiger partial charge on any atom is 0.203 e. The smallest absolute Gasteiger partial charge is 0.203 e. The number of hydrogen-bond donors (Lipinski definition) is 1. The van der Waals surface area contributed by atoms with Crippen LogP contribution >= 0.6 is 0 Å². The van der Waals surface area contributed by atoms with Crippen molar-refractivity contribution in [1.29, 1.82) is 0 Å². The van der Waals surface area contributed by atoms with Crippen molar-refractivity contribution in [3.63, 3.8) is 0 Å². The van der Waals surface area contributed by atoms with Gasteiger partial charge in [0, 0.05) is 31.6 Å². The molecule has 0 aliphatic rings.